The maximum Gasteiger partial charge on any atom is 0.408 e. The fourth-order valence-corrected chi connectivity index (χ4v) is 3.76. The maximum absolute atomic E-state index is 13.1. The van der Waals surface area contributed by atoms with Crippen LogP contribution < -0.4 is 10.6 Å². The van der Waals surface area contributed by atoms with E-state index >= 15 is 0 Å². The lowest BCUT2D eigenvalue weighted by Crippen LogP contribution is -2.54. The molecule has 0 aromatic heterocycles. The van der Waals surface area contributed by atoms with Crippen molar-refractivity contribution in [2.75, 3.05) is 7.11 Å². The van der Waals surface area contributed by atoms with Crippen molar-refractivity contribution < 1.29 is 33.4 Å². The molecule has 3 atom stereocenters. The number of carbonyl (C=O) groups is 5. The molecule has 1 saturated heterocycles. The molecule has 1 aliphatic rings. The minimum Gasteiger partial charge on any atom is -0.467 e. The van der Waals surface area contributed by atoms with Crippen LogP contribution in [0.1, 0.15) is 53.0 Å². The van der Waals surface area contributed by atoms with Gasteiger partial charge in [0.2, 0.25) is 11.8 Å². The fourth-order valence-electron chi connectivity index (χ4n) is 3.76. The van der Waals surface area contributed by atoms with Crippen LogP contribution in [-0.2, 0) is 35.1 Å². The summed E-state index contributed by atoms with van der Waals surface area (Å²) in [5, 5.41) is 5.12. The van der Waals surface area contributed by atoms with Crippen LogP contribution in [0.3, 0.4) is 0 Å². The van der Waals surface area contributed by atoms with E-state index in [2.05, 4.69) is 10.6 Å². The number of imide groups is 1. The van der Waals surface area contributed by atoms with E-state index in [9.17, 15) is 24.0 Å². The average Bonchev–Trinajstić information content (AvgIpc) is 3.03. The van der Waals surface area contributed by atoms with Crippen LogP contribution in [-0.4, -0.2) is 65.5 Å². The molecule has 35 heavy (non-hydrogen) atoms. The number of hydrogen-bond acceptors (Lipinski definition) is 7. The Bertz CT molecular complexity index is 940. The Morgan fingerprint density at radius 3 is 2.29 bits per heavy atom. The summed E-state index contributed by atoms with van der Waals surface area (Å²) < 4.78 is 10.1. The largest absolute Gasteiger partial charge is 0.467 e. The Hall–Kier alpha value is -3.43. The molecule has 10 nitrogen and oxygen atoms in total. The summed E-state index contributed by atoms with van der Waals surface area (Å²) >= 11 is 0. The number of rotatable bonds is 9. The van der Waals surface area contributed by atoms with E-state index in [1.54, 1.807) is 45.0 Å². The molecule has 2 rings (SSSR count). The van der Waals surface area contributed by atoms with Crippen molar-refractivity contribution in [2.24, 2.45) is 5.92 Å². The molecule has 1 heterocycles. The summed E-state index contributed by atoms with van der Waals surface area (Å²) in [5.41, 5.74) is 0.00718. The Labute approximate surface area is 205 Å². The topological polar surface area (TPSA) is 131 Å². The van der Waals surface area contributed by atoms with Crippen LogP contribution in [0.5, 0.6) is 0 Å². The van der Waals surface area contributed by atoms with Crippen LogP contribution in [0.4, 0.5) is 4.79 Å². The second-order valence-electron chi connectivity index (χ2n) is 9.92. The van der Waals surface area contributed by atoms with E-state index in [0.29, 0.717) is 0 Å². The molecule has 2 N–H and O–H groups in total. The number of nitrogens with zero attached hydrogens (tertiary/aromatic N) is 1. The monoisotopic (exact) mass is 489 g/mol. The predicted octanol–water partition coefficient (Wildman–Crippen LogP) is 1.95. The molecule has 1 aromatic rings. The Balaban J connectivity index is 2.19. The first-order chi connectivity index (χ1) is 16.3. The summed E-state index contributed by atoms with van der Waals surface area (Å²) in [6.07, 6.45) is -0.697. The molecule has 0 bridgehead atoms. The highest BCUT2D eigenvalue weighted by Crippen LogP contribution is 2.22. The lowest BCUT2D eigenvalue weighted by molar-refractivity contribution is -0.157. The second kappa shape index (κ2) is 11.8. The van der Waals surface area contributed by atoms with Gasteiger partial charge in [-0.3, -0.25) is 19.3 Å². The summed E-state index contributed by atoms with van der Waals surface area (Å²) in [4.78, 5) is 64.4. The zero-order valence-electron chi connectivity index (χ0n) is 21.1. The van der Waals surface area contributed by atoms with E-state index in [-0.39, 0.29) is 25.2 Å². The molecule has 10 heteroatoms. The first kappa shape index (κ1) is 27.8. The minimum absolute atomic E-state index is 0.0154. The highest BCUT2D eigenvalue weighted by atomic mass is 16.6. The number of esters is 1. The zero-order valence-corrected chi connectivity index (χ0v) is 21.1. The van der Waals surface area contributed by atoms with Gasteiger partial charge in [0, 0.05) is 6.42 Å². The fraction of sp³-hybridized carbons (Fsp3) is 0.560. The van der Waals surface area contributed by atoms with Gasteiger partial charge in [0.05, 0.1) is 13.5 Å². The molecule has 0 spiro atoms. The zero-order chi connectivity index (χ0) is 26.3. The third kappa shape index (κ3) is 8.08. The van der Waals surface area contributed by atoms with Crippen molar-refractivity contribution in [3.63, 3.8) is 0 Å². The lowest BCUT2D eigenvalue weighted by Gasteiger charge is -2.26. The molecular weight excluding hydrogens is 454 g/mol. The van der Waals surface area contributed by atoms with Crippen LogP contribution in [0.25, 0.3) is 0 Å². The molecule has 1 aliphatic heterocycles. The molecule has 0 saturated carbocycles. The van der Waals surface area contributed by atoms with Gasteiger partial charge >= 0.3 is 12.1 Å². The molecule has 192 valence electrons. The van der Waals surface area contributed by atoms with Crippen molar-refractivity contribution >= 4 is 29.8 Å². The van der Waals surface area contributed by atoms with Crippen LogP contribution in [0, 0.1) is 5.92 Å². The minimum atomic E-state index is -1.16. The molecule has 3 unspecified atom stereocenters. The molecule has 0 radical (unpaired) electrons. The van der Waals surface area contributed by atoms with E-state index in [0.717, 1.165) is 10.5 Å². The highest BCUT2D eigenvalue weighted by Gasteiger charge is 2.46. The smallest absolute Gasteiger partial charge is 0.408 e. The number of benzene rings is 1. The van der Waals surface area contributed by atoms with E-state index in [1.807, 2.05) is 19.9 Å². The van der Waals surface area contributed by atoms with Crippen molar-refractivity contribution in [3.8, 4) is 0 Å². The number of ether oxygens (including phenoxy) is 2. The van der Waals surface area contributed by atoms with E-state index in [1.165, 1.54) is 7.11 Å². The number of alkyl carbamates (subject to hydrolysis) is 1. The van der Waals surface area contributed by atoms with Gasteiger partial charge in [-0.1, -0.05) is 44.2 Å². The number of carbonyl (C=O) groups excluding carboxylic acids is 5. The number of amides is 4. The van der Waals surface area contributed by atoms with Crippen molar-refractivity contribution in [2.45, 2.75) is 77.6 Å². The third-order valence-corrected chi connectivity index (χ3v) is 5.27. The summed E-state index contributed by atoms with van der Waals surface area (Å²) in [6, 6.07) is 5.75. The summed E-state index contributed by atoms with van der Waals surface area (Å²) in [5.74, 6) is -2.58. The van der Waals surface area contributed by atoms with E-state index in [4.69, 9.17) is 9.47 Å². The third-order valence-electron chi connectivity index (χ3n) is 5.27. The second-order valence-corrected chi connectivity index (χ2v) is 9.92. The molecular formula is C25H35N3O7. The predicted molar refractivity (Wildman–Crippen MR) is 127 cm³/mol. The van der Waals surface area contributed by atoms with Crippen LogP contribution in [0.2, 0.25) is 0 Å². The van der Waals surface area contributed by atoms with E-state index < -0.39 is 53.5 Å². The number of hydrogen-bond donors (Lipinski definition) is 2. The summed E-state index contributed by atoms with van der Waals surface area (Å²) in [6.45, 7) is 8.81. The number of likely N-dealkylation sites (tertiary alicyclic amines) is 1. The number of methoxy groups -OCH3 is 1. The van der Waals surface area contributed by atoms with Gasteiger partial charge < -0.3 is 20.1 Å². The van der Waals surface area contributed by atoms with Gasteiger partial charge in [0.25, 0.3) is 5.91 Å². The van der Waals surface area contributed by atoms with Crippen molar-refractivity contribution in [1.29, 1.82) is 0 Å². The number of nitrogens with one attached hydrogen (secondary N) is 2. The normalized spacial score (nSPS) is 17.7. The van der Waals surface area contributed by atoms with Gasteiger partial charge in [-0.25, -0.2) is 9.59 Å². The molecule has 0 aliphatic carbocycles. The van der Waals surface area contributed by atoms with Gasteiger partial charge in [-0.05, 0) is 38.7 Å². The van der Waals surface area contributed by atoms with Gasteiger partial charge in [-0.2, -0.15) is 0 Å². The quantitative estimate of drug-likeness (QED) is 0.400. The van der Waals surface area contributed by atoms with Crippen molar-refractivity contribution in [1.82, 2.24) is 15.5 Å². The molecule has 1 fully saturated rings. The average molecular weight is 490 g/mol. The van der Waals surface area contributed by atoms with Crippen molar-refractivity contribution in [3.05, 3.63) is 35.9 Å². The highest BCUT2D eigenvalue weighted by molar-refractivity contribution is 6.09. The van der Waals surface area contributed by atoms with Crippen LogP contribution >= 0.6 is 0 Å². The summed E-state index contributed by atoms with van der Waals surface area (Å²) in [7, 11) is 1.19. The Morgan fingerprint density at radius 1 is 1.11 bits per heavy atom. The first-order valence-electron chi connectivity index (χ1n) is 11.6. The standard InChI is InChI=1S/C25H35N3O7/c1-15(2)12-19(23(32)34-6)28-20(29)14-18(22(28)31)26-21(30)17(13-16-10-8-7-9-11-16)27-24(33)35-25(3,4)5/h7-11,15,17-19H,12-14H2,1-6H3,(H,26,30)(H,27,33). The lowest BCUT2D eigenvalue weighted by atomic mass is 10.0. The van der Waals surface area contributed by atoms with Gasteiger partial charge in [-0.15, -0.1) is 0 Å². The SMILES string of the molecule is COC(=O)C(CC(C)C)N1C(=O)CC(NC(=O)C(Cc2ccccc2)NC(=O)OC(C)(C)C)C1=O. The Morgan fingerprint density at radius 2 is 1.74 bits per heavy atom. The molecule has 4 amide bonds. The molecule has 1 aromatic carbocycles. The Kier molecular flexibility index (Phi) is 9.39. The van der Waals surface area contributed by atoms with Gasteiger partial charge in [0.1, 0.15) is 23.7 Å². The maximum atomic E-state index is 13.1. The first-order valence-corrected chi connectivity index (χ1v) is 11.6. The van der Waals surface area contributed by atoms with Gasteiger partial charge in [0.15, 0.2) is 0 Å². The van der Waals surface area contributed by atoms with Crippen LogP contribution in [0.15, 0.2) is 30.3 Å².